The minimum atomic E-state index is -0.916. The van der Waals surface area contributed by atoms with Crippen LogP contribution >= 0.6 is 15.9 Å². The average molecular weight is 248 g/mol. The molecule has 0 saturated heterocycles. The number of rotatable bonds is 2. The van der Waals surface area contributed by atoms with Gasteiger partial charge in [0.2, 0.25) is 0 Å². The van der Waals surface area contributed by atoms with E-state index in [2.05, 4.69) is 15.9 Å². The second-order valence-electron chi connectivity index (χ2n) is 3.18. The zero-order chi connectivity index (χ0) is 10.1. The van der Waals surface area contributed by atoms with E-state index in [1.54, 1.807) is 19.1 Å². The second-order valence-corrected chi connectivity index (χ2v) is 3.97. The summed E-state index contributed by atoms with van der Waals surface area (Å²) in [6, 6.07) is 4.58. The fourth-order valence-electron chi connectivity index (χ4n) is 1.03. The molecular weight excluding hydrogens is 237 g/mol. The van der Waals surface area contributed by atoms with Crippen molar-refractivity contribution in [1.82, 2.24) is 0 Å². The van der Waals surface area contributed by atoms with Crippen molar-refractivity contribution in [2.45, 2.75) is 12.5 Å². The quantitative estimate of drug-likeness (QED) is 0.837. The minimum Gasteiger partial charge on any atom is -0.394 e. The van der Waals surface area contributed by atoms with Crippen LogP contribution in [0.25, 0.3) is 0 Å². The summed E-state index contributed by atoms with van der Waals surface area (Å²) in [5.41, 5.74) is 5.41. The van der Waals surface area contributed by atoms with E-state index in [-0.39, 0.29) is 12.4 Å². The minimum absolute atomic E-state index is 0.227. The molecule has 0 fully saturated rings. The first-order chi connectivity index (χ1) is 5.99. The van der Waals surface area contributed by atoms with Crippen molar-refractivity contribution >= 4 is 15.9 Å². The number of benzene rings is 1. The number of aliphatic hydroxyl groups excluding tert-OH is 1. The molecule has 1 aromatic rings. The van der Waals surface area contributed by atoms with Gasteiger partial charge in [-0.25, -0.2) is 4.39 Å². The number of hydrogen-bond donors (Lipinski definition) is 2. The zero-order valence-electron chi connectivity index (χ0n) is 7.22. The fraction of sp³-hybridized carbons (Fsp3) is 0.333. The molecule has 0 spiro atoms. The summed E-state index contributed by atoms with van der Waals surface area (Å²) in [5.74, 6) is -0.373. The molecule has 1 aromatic carbocycles. The summed E-state index contributed by atoms with van der Waals surface area (Å²) in [6.07, 6.45) is 0. The highest BCUT2D eigenvalue weighted by Gasteiger charge is 2.23. The molecule has 0 aliphatic heterocycles. The van der Waals surface area contributed by atoms with Crippen LogP contribution in [0.3, 0.4) is 0 Å². The Bertz CT molecular complexity index is 314. The van der Waals surface area contributed by atoms with Gasteiger partial charge in [0.05, 0.1) is 16.6 Å². The van der Waals surface area contributed by atoms with Crippen molar-refractivity contribution in [3.63, 3.8) is 0 Å². The molecule has 0 amide bonds. The van der Waals surface area contributed by atoms with Crippen molar-refractivity contribution in [1.29, 1.82) is 0 Å². The largest absolute Gasteiger partial charge is 0.394 e. The van der Waals surface area contributed by atoms with Crippen LogP contribution in [-0.2, 0) is 5.54 Å². The van der Waals surface area contributed by atoms with Gasteiger partial charge in [-0.1, -0.05) is 12.1 Å². The maximum absolute atomic E-state index is 13.1. The van der Waals surface area contributed by atoms with Crippen LogP contribution < -0.4 is 5.73 Å². The van der Waals surface area contributed by atoms with Gasteiger partial charge in [0.1, 0.15) is 5.82 Å². The van der Waals surface area contributed by atoms with E-state index in [0.29, 0.717) is 10.0 Å². The Labute approximate surface area is 84.7 Å². The average Bonchev–Trinajstić information content (AvgIpc) is 2.09. The van der Waals surface area contributed by atoms with Crippen LogP contribution in [0, 0.1) is 5.82 Å². The second kappa shape index (κ2) is 3.74. The molecule has 0 unspecified atom stereocenters. The summed E-state index contributed by atoms with van der Waals surface area (Å²) < 4.78 is 13.4. The highest BCUT2D eigenvalue weighted by atomic mass is 79.9. The van der Waals surface area contributed by atoms with E-state index in [1.807, 2.05) is 0 Å². The zero-order valence-corrected chi connectivity index (χ0v) is 8.81. The van der Waals surface area contributed by atoms with E-state index in [1.165, 1.54) is 6.07 Å². The van der Waals surface area contributed by atoms with Gasteiger partial charge >= 0.3 is 0 Å². The highest BCUT2D eigenvalue weighted by molar-refractivity contribution is 9.10. The molecule has 3 N–H and O–H groups in total. The number of aliphatic hydroxyl groups is 1. The van der Waals surface area contributed by atoms with E-state index in [4.69, 9.17) is 10.8 Å². The lowest BCUT2D eigenvalue weighted by atomic mass is 9.94. The molecule has 0 saturated carbocycles. The third-order valence-electron chi connectivity index (χ3n) is 1.90. The Balaban J connectivity index is 3.22. The first-order valence-electron chi connectivity index (χ1n) is 3.83. The SMILES string of the molecule is C[C@](N)(CO)c1cccc(F)c1Br. The molecule has 0 radical (unpaired) electrons. The van der Waals surface area contributed by atoms with Gasteiger partial charge in [0.25, 0.3) is 0 Å². The number of hydrogen-bond acceptors (Lipinski definition) is 2. The third kappa shape index (κ3) is 2.07. The molecule has 2 nitrogen and oxygen atoms in total. The van der Waals surface area contributed by atoms with Gasteiger partial charge < -0.3 is 10.8 Å². The molecule has 0 aliphatic carbocycles. The van der Waals surface area contributed by atoms with Crippen LogP contribution in [0.2, 0.25) is 0 Å². The van der Waals surface area contributed by atoms with Gasteiger partial charge in [0, 0.05) is 0 Å². The third-order valence-corrected chi connectivity index (χ3v) is 2.70. The summed E-state index contributed by atoms with van der Waals surface area (Å²) in [6.45, 7) is 1.42. The maximum atomic E-state index is 13.1. The fourth-order valence-corrected chi connectivity index (χ4v) is 1.75. The monoisotopic (exact) mass is 247 g/mol. The Hall–Kier alpha value is -0.450. The summed E-state index contributed by atoms with van der Waals surface area (Å²) >= 11 is 3.09. The summed E-state index contributed by atoms with van der Waals surface area (Å²) in [7, 11) is 0. The van der Waals surface area contributed by atoms with Crippen LogP contribution in [0.5, 0.6) is 0 Å². The molecule has 0 bridgehead atoms. The molecule has 1 atom stereocenters. The van der Waals surface area contributed by atoms with E-state index >= 15 is 0 Å². The van der Waals surface area contributed by atoms with Crippen LogP contribution in [0.1, 0.15) is 12.5 Å². The van der Waals surface area contributed by atoms with Gasteiger partial charge in [0.15, 0.2) is 0 Å². The molecular formula is C9H11BrFNO. The Morgan fingerprint density at radius 1 is 1.62 bits per heavy atom. The van der Waals surface area contributed by atoms with Crippen LogP contribution in [0.15, 0.2) is 22.7 Å². The van der Waals surface area contributed by atoms with Crippen molar-refractivity contribution in [2.24, 2.45) is 5.73 Å². The first kappa shape index (κ1) is 10.6. The van der Waals surface area contributed by atoms with Crippen LogP contribution in [0.4, 0.5) is 4.39 Å². The van der Waals surface area contributed by atoms with Gasteiger partial charge in [-0.05, 0) is 34.5 Å². The molecule has 4 heteroatoms. The van der Waals surface area contributed by atoms with Crippen molar-refractivity contribution in [3.05, 3.63) is 34.1 Å². The van der Waals surface area contributed by atoms with E-state index in [0.717, 1.165) is 0 Å². The molecule has 13 heavy (non-hydrogen) atoms. The lowest BCUT2D eigenvalue weighted by Gasteiger charge is -2.23. The number of nitrogens with two attached hydrogens (primary N) is 1. The first-order valence-corrected chi connectivity index (χ1v) is 4.62. The van der Waals surface area contributed by atoms with Gasteiger partial charge in [-0.15, -0.1) is 0 Å². The van der Waals surface area contributed by atoms with Crippen LogP contribution in [-0.4, -0.2) is 11.7 Å². The lowest BCUT2D eigenvalue weighted by molar-refractivity contribution is 0.209. The summed E-state index contributed by atoms with van der Waals surface area (Å²) in [5, 5.41) is 8.99. The molecule has 0 aliphatic rings. The smallest absolute Gasteiger partial charge is 0.137 e. The lowest BCUT2D eigenvalue weighted by Crippen LogP contribution is -2.37. The predicted molar refractivity (Wildman–Crippen MR) is 52.7 cm³/mol. The van der Waals surface area contributed by atoms with Crippen molar-refractivity contribution < 1.29 is 9.50 Å². The molecule has 0 aromatic heterocycles. The molecule has 0 heterocycles. The summed E-state index contributed by atoms with van der Waals surface area (Å²) in [4.78, 5) is 0. The normalized spacial score (nSPS) is 15.5. The Morgan fingerprint density at radius 3 is 2.77 bits per heavy atom. The van der Waals surface area contributed by atoms with Gasteiger partial charge in [-0.2, -0.15) is 0 Å². The maximum Gasteiger partial charge on any atom is 0.137 e. The van der Waals surface area contributed by atoms with Gasteiger partial charge in [-0.3, -0.25) is 0 Å². The highest BCUT2D eigenvalue weighted by Crippen LogP contribution is 2.28. The Morgan fingerprint density at radius 2 is 2.23 bits per heavy atom. The molecule has 72 valence electrons. The predicted octanol–water partition coefficient (Wildman–Crippen LogP) is 1.75. The Kier molecular flexibility index (Phi) is 3.05. The van der Waals surface area contributed by atoms with E-state index < -0.39 is 5.54 Å². The van der Waals surface area contributed by atoms with E-state index in [9.17, 15) is 4.39 Å². The standard InChI is InChI=1S/C9H11BrFNO/c1-9(12,5-13)6-3-2-4-7(11)8(6)10/h2-4,13H,5,12H2,1H3/t9-/m0/s1. The van der Waals surface area contributed by atoms with Crippen molar-refractivity contribution in [2.75, 3.05) is 6.61 Å². The topological polar surface area (TPSA) is 46.2 Å². The molecule has 1 rings (SSSR count). The van der Waals surface area contributed by atoms with Crippen molar-refractivity contribution in [3.8, 4) is 0 Å². The number of halogens is 2.